The topological polar surface area (TPSA) is 12.4 Å². The summed E-state index contributed by atoms with van der Waals surface area (Å²) in [7, 11) is 0. The van der Waals surface area contributed by atoms with Crippen molar-refractivity contribution in [2.45, 2.75) is 0 Å². The second-order valence-electron chi connectivity index (χ2n) is 1.80. The first kappa shape index (κ1) is 9.32. The number of benzene rings is 1. The normalized spacial score (nSPS) is 8.91. The zero-order valence-corrected chi connectivity index (χ0v) is 9.90. The lowest BCUT2D eigenvalue weighted by molar-refractivity contribution is 1.50. The Balaban J connectivity index is 3.14. The van der Waals surface area contributed by atoms with Gasteiger partial charge in [-0.15, -0.1) is 0 Å². The fourth-order valence-electron chi connectivity index (χ4n) is 0.607. The highest BCUT2D eigenvalue weighted by atomic mass is 127. The molecule has 0 aromatic heterocycles. The maximum absolute atomic E-state index is 4.48. The van der Waals surface area contributed by atoms with Crippen LogP contribution in [0.5, 0.6) is 0 Å². The molecule has 0 spiro atoms. The average molecular weight is 340 g/mol. The summed E-state index contributed by atoms with van der Waals surface area (Å²) in [5.74, 6) is 0. The molecule has 0 unspecified atom stereocenters. The molecule has 0 fully saturated rings. The highest BCUT2D eigenvalue weighted by molar-refractivity contribution is 14.1. The predicted octanol–water partition coefficient (Wildman–Crippen LogP) is 3.79. The second kappa shape index (κ2) is 4.30. The van der Waals surface area contributed by atoms with Crippen molar-refractivity contribution < 1.29 is 0 Å². The molecule has 0 amide bonds. The van der Waals surface area contributed by atoms with E-state index in [2.05, 4.69) is 60.9 Å². The van der Waals surface area contributed by atoms with Crippen molar-refractivity contribution >= 4 is 61.6 Å². The van der Waals surface area contributed by atoms with Gasteiger partial charge in [-0.3, -0.25) is 0 Å². The van der Waals surface area contributed by atoms with Gasteiger partial charge in [-0.2, -0.15) is 4.99 Å². The van der Waals surface area contributed by atoms with Crippen LogP contribution in [0.2, 0.25) is 0 Å². The van der Waals surface area contributed by atoms with Gasteiger partial charge in [0.1, 0.15) is 0 Å². The van der Waals surface area contributed by atoms with E-state index in [9.17, 15) is 0 Å². The van der Waals surface area contributed by atoms with E-state index >= 15 is 0 Å². The molecule has 0 heterocycles. The third-order valence-corrected chi connectivity index (χ3v) is 3.49. The van der Waals surface area contributed by atoms with Gasteiger partial charge in [-0.25, -0.2) is 0 Å². The van der Waals surface area contributed by atoms with Gasteiger partial charge in [-0.1, -0.05) is 0 Å². The minimum Gasteiger partial charge on any atom is -0.195 e. The van der Waals surface area contributed by atoms with E-state index in [0.717, 1.165) is 13.7 Å². The van der Waals surface area contributed by atoms with Crippen LogP contribution in [-0.2, 0) is 0 Å². The van der Waals surface area contributed by atoms with Gasteiger partial charge in [0.05, 0.1) is 10.8 Å². The number of hydrogen-bond acceptors (Lipinski definition) is 2. The van der Waals surface area contributed by atoms with E-state index in [1.165, 1.54) is 0 Å². The lowest BCUT2D eigenvalue weighted by atomic mass is 10.3. The van der Waals surface area contributed by atoms with Crippen LogP contribution < -0.4 is 0 Å². The molecule has 1 nitrogen and oxygen atoms in total. The molecule has 0 radical (unpaired) electrons. The Morgan fingerprint density at radius 3 is 2.82 bits per heavy atom. The number of aliphatic imine (C=N–C) groups is 1. The Kier molecular flexibility index (Phi) is 3.65. The van der Waals surface area contributed by atoms with Crippen LogP contribution >= 0.6 is 50.7 Å². The molecule has 56 valence electrons. The van der Waals surface area contributed by atoms with E-state index in [1.54, 1.807) is 0 Å². The number of halogens is 2. The van der Waals surface area contributed by atoms with Crippen LogP contribution in [0, 0.1) is 3.57 Å². The third kappa shape index (κ3) is 2.63. The minimum absolute atomic E-state index is 0.840. The van der Waals surface area contributed by atoms with Crippen LogP contribution in [0.25, 0.3) is 0 Å². The summed E-state index contributed by atoms with van der Waals surface area (Å²) in [5, 5.41) is 2.32. The van der Waals surface area contributed by atoms with E-state index in [0.29, 0.717) is 0 Å². The summed E-state index contributed by atoms with van der Waals surface area (Å²) < 4.78 is 2.19. The predicted molar refractivity (Wildman–Crippen MR) is 61.5 cm³/mol. The molecule has 0 aliphatic carbocycles. The van der Waals surface area contributed by atoms with Gasteiger partial charge >= 0.3 is 0 Å². The van der Waals surface area contributed by atoms with Crippen molar-refractivity contribution in [3.05, 3.63) is 26.2 Å². The Morgan fingerprint density at radius 2 is 2.27 bits per heavy atom. The second-order valence-corrected chi connectivity index (χ2v) is 4.00. The van der Waals surface area contributed by atoms with Crippen molar-refractivity contribution in [1.29, 1.82) is 0 Å². The van der Waals surface area contributed by atoms with Gasteiger partial charge in [0, 0.05) is 8.04 Å². The summed E-state index contributed by atoms with van der Waals surface area (Å²) in [6.45, 7) is 0. The summed E-state index contributed by atoms with van der Waals surface area (Å²) in [4.78, 5) is 3.85. The highest BCUT2D eigenvalue weighted by Gasteiger charge is 1.95. The Bertz CT molecular complexity index is 320. The van der Waals surface area contributed by atoms with Crippen LogP contribution in [0.4, 0.5) is 5.69 Å². The van der Waals surface area contributed by atoms with E-state index < -0.39 is 0 Å². The largest absolute Gasteiger partial charge is 0.195 e. The molecule has 1 rings (SSSR count). The lowest BCUT2D eigenvalue weighted by Crippen LogP contribution is -1.72. The first-order valence-electron chi connectivity index (χ1n) is 2.77. The van der Waals surface area contributed by atoms with E-state index in [1.807, 2.05) is 18.2 Å². The van der Waals surface area contributed by atoms with Crippen molar-refractivity contribution in [1.82, 2.24) is 0 Å². The van der Waals surface area contributed by atoms with Crippen LogP contribution in [-0.4, -0.2) is 5.16 Å². The fraction of sp³-hybridized carbons (Fsp3) is 0. The quantitative estimate of drug-likeness (QED) is 0.431. The monoisotopic (exact) mass is 339 g/mol. The zero-order chi connectivity index (χ0) is 8.27. The van der Waals surface area contributed by atoms with Crippen LogP contribution in [0.3, 0.4) is 0 Å². The van der Waals surface area contributed by atoms with Gasteiger partial charge in [0.15, 0.2) is 0 Å². The molecular weight excluding hydrogens is 337 g/mol. The molecule has 0 aliphatic rings. The average Bonchev–Trinajstić information content (AvgIpc) is 1.98. The van der Waals surface area contributed by atoms with Gasteiger partial charge in [0.25, 0.3) is 0 Å². The number of nitrogens with zero attached hydrogens (tertiary/aromatic N) is 1. The van der Waals surface area contributed by atoms with Crippen molar-refractivity contribution in [3.63, 3.8) is 0 Å². The minimum atomic E-state index is 0.840. The first-order chi connectivity index (χ1) is 5.24. The molecule has 4 heteroatoms. The molecule has 0 aliphatic heterocycles. The summed E-state index contributed by atoms with van der Waals surface area (Å²) in [5.41, 5.74) is 0.840. The molecular formula is C7H3BrINS. The van der Waals surface area contributed by atoms with Gasteiger partial charge in [-0.05, 0) is 68.9 Å². The van der Waals surface area contributed by atoms with E-state index in [4.69, 9.17) is 0 Å². The van der Waals surface area contributed by atoms with Crippen LogP contribution in [0.1, 0.15) is 0 Å². The summed E-state index contributed by atoms with van der Waals surface area (Å²) in [6.07, 6.45) is 0. The molecule has 1 aromatic carbocycles. The van der Waals surface area contributed by atoms with Crippen molar-refractivity contribution in [2.75, 3.05) is 0 Å². The SMILES string of the molecule is S=C=Nc1ccc(Br)c(I)c1. The maximum atomic E-state index is 4.48. The van der Waals surface area contributed by atoms with Gasteiger partial charge in [0.2, 0.25) is 0 Å². The van der Waals surface area contributed by atoms with Gasteiger partial charge < -0.3 is 0 Å². The summed E-state index contributed by atoms with van der Waals surface area (Å²) in [6, 6.07) is 5.75. The standard InChI is InChI=1S/C7H3BrINS/c8-6-2-1-5(10-4-11)3-7(6)9/h1-3H. The van der Waals surface area contributed by atoms with Crippen molar-refractivity contribution in [2.24, 2.45) is 4.99 Å². The number of hydrogen-bond donors (Lipinski definition) is 0. The lowest BCUT2D eigenvalue weighted by Gasteiger charge is -1.95. The zero-order valence-electron chi connectivity index (χ0n) is 5.34. The Labute approximate surface area is 92.2 Å². The number of rotatable bonds is 1. The summed E-state index contributed by atoms with van der Waals surface area (Å²) >= 11 is 10.1. The maximum Gasteiger partial charge on any atom is 0.0750 e. The van der Waals surface area contributed by atoms with Crippen LogP contribution in [0.15, 0.2) is 27.7 Å². The molecule has 1 aromatic rings. The number of thiocarbonyl (C=S) groups is 1. The fourth-order valence-corrected chi connectivity index (χ4v) is 1.46. The number of isothiocyanates is 1. The molecule has 0 N–H and O–H groups in total. The molecule has 0 atom stereocenters. The van der Waals surface area contributed by atoms with E-state index in [-0.39, 0.29) is 0 Å². The highest BCUT2D eigenvalue weighted by Crippen LogP contribution is 2.23. The van der Waals surface area contributed by atoms with Crippen molar-refractivity contribution in [3.8, 4) is 0 Å². The first-order valence-corrected chi connectivity index (χ1v) is 5.05. The Morgan fingerprint density at radius 1 is 1.55 bits per heavy atom. The molecule has 0 saturated heterocycles. The Hall–Kier alpha value is 0.230. The smallest absolute Gasteiger partial charge is 0.0750 e. The molecule has 0 bridgehead atoms. The third-order valence-electron chi connectivity index (χ3n) is 1.08. The molecule has 0 saturated carbocycles. The molecule has 11 heavy (non-hydrogen) atoms.